The van der Waals surface area contributed by atoms with Crippen LogP contribution in [0.3, 0.4) is 0 Å². The Kier molecular flexibility index (Phi) is 11.5. The summed E-state index contributed by atoms with van der Waals surface area (Å²) in [6.07, 6.45) is 0.0395. The molecule has 4 amide bonds. The third-order valence-electron chi connectivity index (χ3n) is 4.43. The maximum Gasteiger partial charge on any atom is 0.410 e. The molecule has 1 aromatic rings. The molecule has 0 aliphatic carbocycles. The highest BCUT2D eigenvalue weighted by atomic mass is 31.2. The van der Waals surface area contributed by atoms with Gasteiger partial charge in [0.25, 0.3) is 0 Å². The summed E-state index contributed by atoms with van der Waals surface area (Å²) in [5, 5.41) is 6.93. The number of likely N-dealkylation sites (N-methyl/N-ethyl adjacent to an activating group) is 1. The number of rotatable bonds is 12. The van der Waals surface area contributed by atoms with Gasteiger partial charge in [0.2, 0.25) is 17.7 Å². The van der Waals surface area contributed by atoms with Crippen LogP contribution < -0.4 is 16.0 Å². The molecular formula is C20H31N4O8P. The van der Waals surface area contributed by atoms with Crippen LogP contribution in [0.1, 0.15) is 32.3 Å². The van der Waals surface area contributed by atoms with Crippen molar-refractivity contribution in [2.24, 2.45) is 0 Å². The Labute approximate surface area is 192 Å². The van der Waals surface area contributed by atoms with E-state index in [1.165, 1.54) is 7.05 Å². The first-order valence-electron chi connectivity index (χ1n) is 10.3. The molecule has 0 radical (unpaired) electrons. The van der Waals surface area contributed by atoms with Gasteiger partial charge in [-0.3, -0.25) is 18.9 Å². The van der Waals surface area contributed by atoms with Crippen molar-refractivity contribution < 1.29 is 38.3 Å². The molecule has 184 valence electrons. The number of carbonyl (C=O) groups is 4. The molecule has 5 N–H and O–H groups in total. The molecule has 0 aliphatic heterocycles. The highest BCUT2D eigenvalue weighted by Gasteiger charge is 2.29. The van der Waals surface area contributed by atoms with Gasteiger partial charge in [-0.15, -0.1) is 0 Å². The molecule has 0 bridgehead atoms. The Morgan fingerprint density at radius 3 is 2.30 bits per heavy atom. The monoisotopic (exact) mass is 486 g/mol. The van der Waals surface area contributed by atoms with Crippen molar-refractivity contribution in [2.45, 2.75) is 45.1 Å². The number of carbonyl (C=O) groups excluding carboxylic acids is 4. The van der Waals surface area contributed by atoms with Gasteiger partial charge in [0.1, 0.15) is 25.0 Å². The molecule has 1 rings (SSSR count). The average Bonchev–Trinajstić information content (AvgIpc) is 2.75. The molecule has 12 nitrogen and oxygen atoms in total. The second kappa shape index (κ2) is 13.6. The van der Waals surface area contributed by atoms with Gasteiger partial charge in [-0.1, -0.05) is 43.7 Å². The Hall–Kier alpha value is -2.95. The molecule has 0 unspecified atom stereocenters. The fourth-order valence-electron chi connectivity index (χ4n) is 2.54. The summed E-state index contributed by atoms with van der Waals surface area (Å²) >= 11 is 0. The lowest BCUT2D eigenvalue weighted by Gasteiger charge is -2.22. The van der Waals surface area contributed by atoms with Gasteiger partial charge in [-0.05, 0) is 18.9 Å². The molecule has 1 aromatic carbocycles. The van der Waals surface area contributed by atoms with Gasteiger partial charge in [0, 0.05) is 7.05 Å². The van der Waals surface area contributed by atoms with E-state index < -0.39 is 49.8 Å². The molecule has 0 aliphatic rings. The summed E-state index contributed by atoms with van der Waals surface area (Å²) in [5.41, 5.74) is 0.793. The highest BCUT2D eigenvalue weighted by molar-refractivity contribution is 7.52. The molecule has 0 aromatic heterocycles. The molecule has 33 heavy (non-hydrogen) atoms. The minimum atomic E-state index is -4.52. The topological polar surface area (TPSA) is 174 Å². The third kappa shape index (κ3) is 11.0. The minimum absolute atomic E-state index is 0.0511. The first-order chi connectivity index (χ1) is 15.4. The number of nitrogens with zero attached hydrogens (tertiary/aromatic N) is 1. The number of hydrogen-bond donors (Lipinski definition) is 5. The van der Waals surface area contributed by atoms with Crippen molar-refractivity contribution in [3.63, 3.8) is 0 Å². The van der Waals surface area contributed by atoms with E-state index in [-0.39, 0.29) is 19.6 Å². The summed E-state index contributed by atoms with van der Waals surface area (Å²) in [6, 6.07) is 7.99. The molecule has 2 atom stereocenters. The molecule has 13 heteroatoms. The lowest BCUT2D eigenvalue weighted by Crippen LogP contribution is -2.51. The second-order valence-corrected chi connectivity index (χ2v) is 9.31. The molecular weight excluding hydrogens is 455 g/mol. The smallest absolute Gasteiger partial charge is 0.410 e. The molecule has 0 fully saturated rings. The van der Waals surface area contributed by atoms with Gasteiger partial charge in [0.05, 0.1) is 6.54 Å². The quantitative estimate of drug-likeness (QED) is 0.262. The van der Waals surface area contributed by atoms with Crippen LogP contribution >= 0.6 is 7.60 Å². The van der Waals surface area contributed by atoms with Gasteiger partial charge in [0.15, 0.2) is 0 Å². The number of nitrogens with one attached hydrogen (secondary N) is 3. The normalized spacial score (nSPS) is 12.8. The molecule has 0 heterocycles. The molecule has 0 saturated heterocycles. The lowest BCUT2D eigenvalue weighted by molar-refractivity contribution is -0.130. The maximum absolute atomic E-state index is 12.2. The van der Waals surface area contributed by atoms with Crippen LogP contribution in [-0.2, 0) is 30.3 Å². The first kappa shape index (κ1) is 28.1. The summed E-state index contributed by atoms with van der Waals surface area (Å²) < 4.78 is 16.3. The van der Waals surface area contributed by atoms with E-state index in [4.69, 9.17) is 14.5 Å². The number of benzene rings is 1. The highest BCUT2D eigenvalue weighted by Crippen LogP contribution is 2.39. The Bertz CT molecular complexity index is 861. The average molecular weight is 486 g/mol. The summed E-state index contributed by atoms with van der Waals surface area (Å²) in [4.78, 5) is 67.6. The number of ether oxygens (including phenoxy) is 1. The van der Waals surface area contributed by atoms with Crippen molar-refractivity contribution in [3.05, 3.63) is 35.9 Å². The maximum atomic E-state index is 12.2. The van der Waals surface area contributed by atoms with Crippen LogP contribution in [-0.4, -0.2) is 70.5 Å². The lowest BCUT2D eigenvalue weighted by atomic mass is 10.1. The van der Waals surface area contributed by atoms with E-state index in [2.05, 4.69) is 16.0 Å². The second-order valence-electron chi connectivity index (χ2n) is 7.36. The molecule has 0 spiro atoms. The van der Waals surface area contributed by atoms with Crippen LogP contribution in [0.25, 0.3) is 0 Å². The zero-order valence-corrected chi connectivity index (χ0v) is 19.7. The Balaban J connectivity index is 2.45. The predicted octanol–water partition coefficient (Wildman–Crippen LogP) is 0.296. The number of hydrogen-bond acceptors (Lipinski definition) is 6. The zero-order valence-electron chi connectivity index (χ0n) is 18.8. The van der Waals surface area contributed by atoms with Crippen molar-refractivity contribution in [1.29, 1.82) is 0 Å². The van der Waals surface area contributed by atoms with Crippen LogP contribution in [0, 0.1) is 0 Å². The van der Waals surface area contributed by atoms with Gasteiger partial charge in [-0.25, -0.2) is 4.79 Å². The van der Waals surface area contributed by atoms with E-state index in [1.807, 2.05) is 6.07 Å². The standard InChI is InChI=1S/C20H31N4O8P/c1-4-8-16(19(27)22-14(2)33(29,30)31)23-17(25)11-21-18(26)12-24(3)20(28)32-13-15-9-6-5-7-10-15/h5-7,9-10,14,16H,4,8,11-13H2,1-3H3,(H,21,26)(H,22,27)(H,23,25)(H2,29,30,31)/t14-,16+/m1/s1. The first-order valence-corrected chi connectivity index (χ1v) is 12.0. The predicted molar refractivity (Wildman–Crippen MR) is 119 cm³/mol. The van der Waals surface area contributed by atoms with Gasteiger partial charge in [-0.2, -0.15) is 0 Å². The van der Waals surface area contributed by atoms with Crippen LogP contribution in [0.15, 0.2) is 30.3 Å². The summed E-state index contributed by atoms with van der Waals surface area (Å²) in [5.74, 6) is -3.43. The Morgan fingerprint density at radius 2 is 1.73 bits per heavy atom. The van der Waals surface area contributed by atoms with Crippen LogP contribution in [0.2, 0.25) is 0 Å². The van der Waals surface area contributed by atoms with Gasteiger partial charge >= 0.3 is 13.7 Å². The van der Waals surface area contributed by atoms with Crippen molar-refractivity contribution in [3.8, 4) is 0 Å². The SMILES string of the molecule is CCC[C@H](NC(=O)CNC(=O)CN(C)C(=O)OCc1ccccc1)C(=O)N[C@@H](C)P(=O)(O)O. The largest absolute Gasteiger partial charge is 0.445 e. The number of amides is 4. The summed E-state index contributed by atoms with van der Waals surface area (Å²) in [6.45, 7) is 2.18. The van der Waals surface area contributed by atoms with E-state index in [0.717, 1.165) is 17.4 Å². The van der Waals surface area contributed by atoms with Crippen molar-refractivity contribution in [1.82, 2.24) is 20.9 Å². The van der Waals surface area contributed by atoms with Crippen LogP contribution in [0.4, 0.5) is 4.79 Å². The van der Waals surface area contributed by atoms with E-state index in [9.17, 15) is 23.7 Å². The summed E-state index contributed by atoms with van der Waals surface area (Å²) in [7, 11) is -3.15. The van der Waals surface area contributed by atoms with Crippen molar-refractivity contribution >= 4 is 31.4 Å². The fourth-order valence-corrected chi connectivity index (χ4v) is 2.83. The van der Waals surface area contributed by atoms with Crippen LogP contribution in [0.5, 0.6) is 0 Å². The van der Waals surface area contributed by atoms with E-state index in [1.54, 1.807) is 31.2 Å². The van der Waals surface area contributed by atoms with E-state index >= 15 is 0 Å². The molecule has 0 saturated carbocycles. The minimum Gasteiger partial charge on any atom is -0.445 e. The van der Waals surface area contributed by atoms with Crippen molar-refractivity contribution in [2.75, 3.05) is 20.1 Å². The Morgan fingerprint density at radius 1 is 1.09 bits per heavy atom. The zero-order chi connectivity index (χ0) is 25.0. The third-order valence-corrected chi connectivity index (χ3v) is 5.57. The fraction of sp³-hybridized carbons (Fsp3) is 0.500. The van der Waals surface area contributed by atoms with E-state index in [0.29, 0.717) is 6.42 Å². The van der Waals surface area contributed by atoms with Gasteiger partial charge < -0.3 is 35.4 Å².